The minimum absolute atomic E-state index is 0.241. The highest BCUT2D eigenvalue weighted by Gasteiger charge is 2.15. The van der Waals surface area contributed by atoms with Gasteiger partial charge in [-0.3, -0.25) is 9.59 Å². The Hall–Kier alpha value is -2.51. The number of carbonyl (C=O) groups is 1. The molecular weight excluding hydrogens is 236 g/mol. The van der Waals surface area contributed by atoms with Gasteiger partial charge in [0.05, 0.1) is 6.04 Å². The molecule has 0 saturated carbocycles. The van der Waals surface area contributed by atoms with Crippen LogP contribution in [0.3, 0.4) is 0 Å². The Morgan fingerprint density at radius 2 is 2.33 bits per heavy atom. The lowest BCUT2D eigenvalue weighted by Crippen LogP contribution is -2.29. The minimum atomic E-state index is -0.389. The van der Waals surface area contributed by atoms with Crippen molar-refractivity contribution in [3.05, 3.63) is 40.1 Å². The molecule has 0 radical (unpaired) electrons. The van der Waals surface area contributed by atoms with Gasteiger partial charge in [-0.25, -0.2) is 0 Å². The highest BCUT2D eigenvalue weighted by Crippen LogP contribution is 2.05. The molecule has 2 rings (SSSR count). The zero-order valence-electron chi connectivity index (χ0n) is 9.91. The number of tetrazole rings is 1. The minimum Gasteiger partial charge on any atom is -0.342 e. The van der Waals surface area contributed by atoms with Crippen LogP contribution in [0, 0.1) is 0 Å². The van der Waals surface area contributed by atoms with E-state index in [1.165, 1.54) is 16.8 Å². The maximum atomic E-state index is 11.9. The van der Waals surface area contributed by atoms with Crippen molar-refractivity contribution in [3.63, 3.8) is 0 Å². The third-order valence-electron chi connectivity index (χ3n) is 2.46. The van der Waals surface area contributed by atoms with Crippen LogP contribution in [0.4, 0.5) is 0 Å². The number of nitrogens with one attached hydrogen (secondary N) is 2. The zero-order chi connectivity index (χ0) is 13.1. The molecule has 0 saturated heterocycles. The molecule has 0 aliphatic rings. The van der Waals surface area contributed by atoms with E-state index in [0.29, 0.717) is 11.4 Å². The van der Waals surface area contributed by atoms with E-state index in [1.54, 1.807) is 20.0 Å². The Bertz CT molecular complexity index is 603. The average Bonchev–Trinajstić information content (AvgIpc) is 2.86. The molecule has 2 aromatic rings. The molecule has 0 spiro atoms. The molecule has 2 heterocycles. The van der Waals surface area contributed by atoms with Gasteiger partial charge in [-0.05, 0) is 13.0 Å². The van der Waals surface area contributed by atoms with Gasteiger partial charge in [0, 0.05) is 24.9 Å². The fourth-order valence-corrected chi connectivity index (χ4v) is 1.39. The van der Waals surface area contributed by atoms with Crippen LogP contribution in [0.25, 0.3) is 0 Å². The summed E-state index contributed by atoms with van der Waals surface area (Å²) >= 11 is 0. The molecule has 1 amide bonds. The van der Waals surface area contributed by atoms with Gasteiger partial charge >= 0.3 is 0 Å². The second-order valence-electron chi connectivity index (χ2n) is 3.83. The topological polar surface area (TPSA) is 106 Å². The van der Waals surface area contributed by atoms with Crippen LogP contribution < -0.4 is 10.9 Å². The molecular formula is C10H12N6O2. The molecule has 8 heteroatoms. The van der Waals surface area contributed by atoms with Crippen LogP contribution in [-0.2, 0) is 7.05 Å². The Labute approximate surface area is 102 Å². The molecule has 0 fully saturated rings. The Balaban J connectivity index is 2.12. The first-order chi connectivity index (χ1) is 8.58. The van der Waals surface area contributed by atoms with Crippen molar-refractivity contribution in [1.82, 2.24) is 30.5 Å². The molecule has 2 aromatic heterocycles. The van der Waals surface area contributed by atoms with Crippen LogP contribution in [-0.4, -0.2) is 31.1 Å². The molecule has 2 N–H and O–H groups in total. The fourth-order valence-electron chi connectivity index (χ4n) is 1.39. The number of hydrogen-bond donors (Lipinski definition) is 2. The predicted octanol–water partition coefficient (Wildman–Crippen LogP) is -0.611. The van der Waals surface area contributed by atoms with E-state index in [9.17, 15) is 9.59 Å². The quantitative estimate of drug-likeness (QED) is 0.753. The summed E-state index contributed by atoms with van der Waals surface area (Å²) < 4.78 is 1.39. The first-order valence-corrected chi connectivity index (χ1v) is 5.29. The van der Waals surface area contributed by atoms with Gasteiger partial charge in [0.25, 0.3) is 11.5 Å². The molecule has 0 aliphatic heterocycles. The molecule has 1 unspecified atom stereocenters. The van der Waals surface area contributed by atoms with Crippen molar-refractivity contribution in [2.24, 2.45) is 7.05 Å². The van der Waals surface area contributed by atoms with Gasteiger partial charge in [-0.15, -0.1) is 10.2 Å². The molecule has 0 aromatic carbocycles. The zero-order valence-corrected chi connectivity index (χ0v) is 9.91. The molecule has 1 atom stereocenters. The van der Waals surface area contributed by atoms with Crippen molar-refractivity contribution in [1.29, 1.82) is 0 Å². The van der Waals surface area contributed by atoms with Crippen LogP contribution >= 0.6 is 0 Å². The largest absolute Gasteiger partial charge is 0.342 e. The van der Waals surface area contributed by atoms with E-state index in [4.69, 9.17) is 0 Å². The normalized spacial score (nSPS) is 12.1. The number of H-pyrrole nitrogens is 1. The number of amides is 1. The van der Waals surface area contributed by atoms with Crippen LogP contribution in [0.15, 0.2) is 23.1 Å². The third kappa shape index (κ3) is 2.42. The van der Waals surface area contributed by atoms with Gasteiger partial charge in [-0.1, -0.05) is 5.21 Å². The van der Waals surface area contributed by atoms with Crippen molar-refractivity contribution >= 4 is 5.91 Å². The first kappa shape index (κ1) is 12.0. The summed E-state index contributed by atoms with van der Waals surface area (Å²) in [5.41, 5.74) is 0.0586. The van der Waals surface area contributed by atoms with E-state index < -0.39 is 0 Å². The number of hydrogen-bond acceptors (Lipinski definition) is 5. The molecule has 8 nitrogen and oxygen atoms in total. The maximum Gasteiger partial charge on any atom is 0.252 e. The summed E-state index contributed by atoms with van der Waals surface area (Å²) in [6.07, 6.45) is 1.54. The van der Waals surface area contributed by atoms with Gasteiger partial charge in [0.1, 0.15) is 0 Å². The Morgan fingerprint density at radius 3 is 2.94 bits per heavy atom. The number of aromatic amines is 1. The van der Waals surface area contributed by atoms with Crippen molar-refractivity contribution in [2.75, 3.05) is 0 Å². The molecule has 18 heavy (non-hydrogen) atoms. The van der Waals surface area contributed by atoms with Gasteiger partial charge in [0.2, 0.25) is 0 Å². The van der Waals surface area contributed by atoms with Crippen molar-refractivity contribution in [3.8, 4) is 0 Å². The molecule has 0 aliphatic carbocycles. The maximum absolute atomic E-state index is 11.9. The second-order valence-corrected chi connectivity index (χ2v) is 3.83. The van der Waals surface area contributed by atoms with E-state index in [-0.39, 0.29) is 17.5 Å². The SMILES string of the molecule is CC(NC(=O)c1ccn(C)c(=O)c1)c1nn[nH]n1. The number of carbonyl (C=O) groups excluding carboxylic acids is 1. The van der Waals surface area contributed by atoms with E-state index in [0.717, 1.165) is 0 Å². The third-order valence-corrected chi connectivity index (χ3v) is 2.46. The lowest BCUT2D eigenvalue weighted by Gasteiger charge is -2.09. The van der Waals surface area contributed by atoms with Crippen LogP contribution in [0.5, 0.6) is 0 Å². The summed E-state index contributed by atoms with van der Waals surface area (Å²) in [5.74, 6) is 0.0252. The van der Waals surface area contributed by atoms with Gasteiger partial charge < -0.3 is 9.88 Å². The monoisotopic (exact) mass is 248 g/mol. The predicted molar refractivity (Wildman–Crippen MR) is 61.7 cm³/mol. The van der Waals surface area contributed by atoms with E-state index >= 15 is 0 Å². The van der Waals surface area contributed by atoms with E-state index in [2.05, 4.69) is 25.9 Å². The lowest BCUT2D eigenvalue weighted by molar-refractivity contribution is 0.0938. The standard InChI is InChI=1S/C10H12N6O2/c1-6(9-12-14-15-13-9)11-10(18)7-3-4-16(2)8(17)5-7/h3-6H,1-2H3,(H,11,18)(H,12,13,14,15). The van der Waals surface area contributed by atoms with Crippen molar-refractivity contribution < 1.29 is 4.79 Å². The summed E-state index contributed by atoms with van der Waals surface area (Å²) in [4.78, 5) is 23.3. The summed E-state index contributed by atoms with van der Waals surface area (Å²) in [6, 6.07) is 2.46. The second kappa shape index (κ2) is 4.78. The fraction of sp³-hybridized carbons (Fsp3) is 0.300. The number of pyridine rings is 1. The summed E-state index contributed by atoms with van der Waals surface area (Å²) in [6.45, 7) is 1.73. The average molecular weight is 248 g/mol. The van der Waals surface area contributed by atoms with Gasteiger partial charge in [-0.2, -0.15) is 5.21 Å². The highest BCUT2D eigenvalue weighted by molar-refractivity contribution is 5.94. The van der Waals surface area contributed by atoms with Gasteiger partial charge in [0.15, 0.2) is 5.82 Å². The molecule has 94 valence electrons. The van der Waals surface area contributed by atoms with Crippen LogP contribution in [0.1, 0.15) is 29.1 Å². The van der Waals surface area contributed by atoms with Crippen molar-refractivity contribution in [2.45, 2.75) is 13.0 Å². The number of rotatable bonds is 3. The summed E-state index contributed by atoms with van der Waals surface area (Å²) in [5, 5.41) is 15.9. The Kier molecular flexibility index (Phi) is 3.18. The number of aromatic nitrogens is 5. The Morgan fingerprint density at radius 1 is 1.56 bits per heavy atom. The molecule has 0 bridgehead atoms. The highest BCUT2D eigenvalue weighted by atomic mass is 16.2. The number of nitrogens with zero attached hydrogens (tertiary/aromatic N) is 4. The van der Waals surface area contributed by atoms with Crippen LogP contribution in [0.2, 0.25) is 0 Å². The summed E-state index contributed by atoms with van der Waals surface area (Å²) in [7, 11) is 1.62. The van der Waals surface area contributed by atoms with E-state index in [1.807, 2.05) is 0 Å². The first-order valence-electron chi connectivity index (χ1n) is 5.29. The lowest BCUT2D eigenvalue weighted by atomic mass is 10.2. The number of aryl methyl sites for hydroxylation is 1. The smallest absolute Gasteiger partial charge is 0.252 e.